The lowest BCUT2D eigenvalue weighted by Gasteiger charge is -2.48. The lowest BCUT2D eigenvalue weighted by Crippen LogP contribution is -2.57. The maximum absolute atomic E-state index is 13.0. The summed E-state index contributed by atoms with van der Waals surface area (Å²) in [5, 5.41) is 2.33. The topological polar surface area (TPSA) is 88.2 Å². The molecule has 1 unspecified atom stereocenters. The van der Waals surface area contributed by atoms with E-state index in [1.165, 1.54) is 0 Å². The van der Waals surface area contributed by atoms with E-state index >= 15 is 0 Å². The minimum absolute atomic E-state index is 0.0305. The zero-order valence-electron chi connectivity index (χ0n) is 21.5. The molecule has 206 valence electrons. The molecule has 3 amide bonds. The molecule has 8 nitrogen and oxygen atoms in total. The average molecular weight is 540 g/mol. The summed E-state index contributed by atoms with van der Waals surface area (Å²) in [6.07, 6.45) is 4.82. The molecule has 1 aliphatic carbocycles. The van der Waals surface area contributed by atoms with Crippen LogP contribution in [-0.2, 0) is 16.1 Å². The van der Waals surface area contributed by atoms with Gasteiger partial charge in [0.2, 0.25) is 11.8 Å². The molecule has 2 aromatic carbocycles. The predicted octanol–water partition coefficient (Wildman–Crippen LogP) is 3.84. The molecular weight excluding hydrogens is 508 g/mol. The van der Waals surface area contributed by atoms with Crippen LogP contribution in [0.1, 0.15) is 65.9 Å². The summed E-state index contributed by atoms with van der Waals surface area (Å²) in [6.45, 7) is -0.729. The molecule has 0 bridgehead atoms. The van der Waals surface area contributed by atoms with Crippen molar-refractivity contribution in [3.05, 3.63) is 59.2 Å². The second kappa shape index (κ2) is 10.6. The van der Waals surface area contributed by atoms with Gasteiger partial charge in [-0.1, -0.05) is 18.6 Å². The van der Waals surface area contributed by atoms with Crippen LogP contribution in [0.25, 0.3) is 0 Å². The number of imide groups is 1. The van der Waals surface area contributed by atoms with Crippen molar-refractivity contribution in [2.45, 2.75) is 75.8 Å². The van der Waals surface area contributed by atoms with Crippen molar-refractivity contribution in [3.63, 3.8) is 0 Å². The smallest absolute Gasteiger partial charge is 0.387 e. The van der Waals surface area contributed by atoms with E-state index in [1.807, 2.05) is 24.3 Å². The number of nitrogens with one attached hydrogen (secondary N) is 1. The fraction of sp³-hybridized carbons (Fsp3) is 0.483. The standard InChI is InChI=1S/C29H31F2N3O5/c30-29(31)39-20-7-5-17(6-8-20)19-14-33(15-19)23-3-1-2-4-25(23)38-21-9-10-22-18(13-21)16-34(28(22)37)24-11-12-26(35)32-27(24)36/h5-10,13,19,23-25,29H,1-4,11-12,14-16H2,(H,32,35,36)/t23-,24?,25+/m1/s1. The Morgan fingerprint density at radius 2 is 1.67 bits per heavy atom. The molecule has 3 heterocycles. The van der Waals surface area contributed by atoms with Crippen LogP contribution in [0.15, 0.2) is 42.5 Å². The molecule has 3 fully saturated rings. The van der Waals surface area contributed by atoms with Gasteiger partial charge < -0.3 is 14.4 Å². The number of fused-ring (bicyclic) bond motifs is 1. The number of nitrogens with zero attached hydrogens (tertiary/aromatic N) is 2. The molecule has 0 aromatic heterocycles. The van der Waals surface area contributed by atoms with Crippen molar-refractivity contribution in [1.82, 2.24) is 15.1 Å². The van der Waals surface area contributed by atoms with Gasteiger partial charge in [-0.2, -0.15) is 8.78 Å². The molecule has 1 saturated carbocycles. The zero-order valence-corrected chi connectivity index (χ0v) is 21.5. The first-order valence-electron chi connectivity index (χ1n) is 13.6. The highest BCUT2D eigenvalue weighted by atomic mass is 19.3. The van der Waals surface area contributed by atoms with Gasteiger partial charge in [-0.3, -0.25) is 24.6 Å². The molecule has 2 saturated heterocycles. The number of carbonyl (C=O) groups is 3. The largest absolute Gasteiger partial charge is 0.489 e. The van der Waals surface area contributed by atoms with E-state index < -0.39 is 18.6 Å². The number of likely N-dealkylation sites (tertiary alicyclic amines) is 1. The van der Waals surface area contributed by atoms with Crippen LogP contribution in [0.3, 0.4) is 0 Å². The average Bonchev–Trinajstić information content (AvgIpc) is 3.20. The summed E-state index contributed by atoms with van der Waals surface area (Å²) in [5.74, 6) is 0.319. The minimum Gasteiger partial charge on any atom is -0.489 e. The van der Waals surface area contributed by atoms with Crippen LogP contribution in [0.4, 0.5) is 8.78 Å². The number of carbonyl (C=O) groups excluding carboxylic acids is 3. The summed E-state index contributed by atoms with van der Waals surface area (Å²) < 4.78 is 35.8. The van der Waals surface area contributed by atoms with Crippen molar-refractivity contribution in [2.24, 2.45) is 0 Å². The van der Waals surface area contributed by atoms with Crippen LogP contribution in [-0.4, -0.2) is 65.4 Å². The van der Waals surface area contributed by atoms with Crippen molar-refractivity contribution in [2.75, 3.05) is 13.1 Å². The quantitative estimate of drug-likeness (QED) is 0.538. The normalized spacial score (nSPS) is 25.9. The van der Waals surface area contributed by atoms with Gasteiger partial charge in [-0.25, -0.2) is 0 Å². The third kappa shape index (κ3) is 5.22. The second-order valence-corrected chi connectivity index (χ2v) is 10.8. The number of piperidine rings is 1. The zero-order chi connectivity index (χ0) is 27.1. The van der Waals surface area contributed by atoms with Crippen LogP contribution in [0.5, 0.6) is 11.5 Å². The number of hydrogen-bond acceptors (Lipinski definition) is 6. The SMILES string of the molecule is O=C1CCC(N2Cc3cc(O[C@H]4CCCC[C@H]4N4CC(c5ccc(OC(F)F)cc5)C4)ccc3C2=O)C(=O)N1. The molecule has 4 aliphatic rings. The maximum Gasteiger partial charge on any atom is 0.387 e. The van der Waals surface area contributed by atoms with Crippen LogP contribution in [0, 0.1) is 0 Å². The van der Waals surface area contributed by atoms with Crippen LogP contribution >= 0.6 is 0 Å². The minimum atomic E-state index is -2.83. The molecule has 2 aromatic rings. The van der Waals surface area contributed by atoms with E-state index in [2.05, 4.69) is 15.0 Å². The summed E-state index contributed by atoms with van der Waals surface area (Å²) in [5.41, 5.74) is 2.52. The van der Waals surface area contributed by atoms with Gasteiger partial charge in [0.15, 0.2) is 0 Å². The Kier molecular flexibility index (Phi) is 6.97. The second-order valence-electron chi connectivity index (χ2n) is 10.8. The highest BCUT2D eigenvalue weighted by molar-refractivity contribution is 6.05. The monoisotopic (exact) mass is 539 g/mol. The summed E-state index contributed by atoms with van der Waals surface area (Å²) in [6, 6.07) is 12.1. The van der Waals surface area contributed by atoms with Gasteiger partial charge in [0.05, 0.1) is 0 Å². The highest BCUT2D eigenvalue weighted by Crippen LogP contribution is 2.37. The lowest BCUT2D eigenvalue weighted by molar-refractivity contribution is -0.136. The molecule has 10 heteroatoms. The fourth-order valence-electron chi connectivity index (χ4n) is 6.35. The number of rotatable bonds is 7. The Morgan fingerprint density at radius 1 is 0.923 bits per heavy atom. The van der Waals surface area contributed by atoms with E-state index in [0.29, 0.717) is 24.4 Å². The molecule has 39 heavy (non-hydrogen) atoms. The first-order valence-corrected chi connectivity index (χ1v) is 13.6. The highest BCUT2D eigenvalue weighted by Gasteiger charge is 2.41. The van der Waals surface area contributed by atoms with Crippen molar-refractivity contribution in [1.29, 1.82) is 0 Å². The number of hydrogen-bond donors (Lipinski definition) is 1. The van der Waals surface area contributed by atoms with E-state index in [1.54, 1.807) is 23.1 Å². The van der Waals surface area contributed by atoms with E-state index in [-0.39, 0.29) is 36.1 Å². The first-order chi connectivity index (χ1) is 18.9. The molecule has 3 atom stereocenters. The lowest BCUT2D eigenvalue weighted by atomic mass is 9.84. The molecule has 0 spiro atoms. The predicted molar refractivity (Wildman–Crippen MR) is 137 cm³/mol. The number of benzene rings is 2. The molecule has 0 radical (unpaired) electrons. The van der Waals surface area contributed by atoms with E-state index in [0.717, 1.165) is 55.6 Å². The number of alkyl halides is 2. The molecule has 6 rings (SSSR count). The Labute approximate surface area is 225 Å². The summed E-state index contributed by atoms with van der Waals surface area (Å²) in [4.78, 5) is 40.8. The number of ether oxygens (including phenoxy) is 2. The van der Waals surface area contributed by atoms with Gasteiger partial charge in [0, 0.05) is 43.6 Å². The Hall–Kier alpha value is -3.53. The number of amides is 3. The van der Waals surface area contributed by atoms with Gasteiger partial charge in [0.1, 0.15) is 23.6 Å². The van der Waals surface area contributed by atoms with E-state index in [4.69, 9.17) is 4.74 Å². The number of halogens is 2. The molecule has 1 N–H and O–H groups in total. The van der Waals surface area contributed by atoms with E-state index in [9.17, 15) is 23.2 Å². The summed E-state index contributed by atoms with van der Waals surface area (Å²) in [7, 11) is 0. The Morgan fingerprint density at radius 3 is 2.41 bits per heavy atom. The van der Waals surface area contributed by atoms with Crippen molar-refractivity contribution < 1.29 is 32.6 Å². The fourth-order valence-corrected chi connectivity index (χ4v) is 6.35. The third-order valence-electron chi connectivity index (χ3n) is 8.41. The maximum atomic E-state index is 13.0. The molecule has 3 aliphatic heterocycles. The Bertz CT molecular complexity index is 1260. The van der Waals surface area contributed by atoms with Gasteiger partial charge in [0.25, 0.3) is 5.91 Å². The summed E-state index contributed by atoms with van der Waals surface area (Å²) >= 11 is 0. The van der Waals surface area contributed by atoms with Crippen LogP contribution < -0.4 is 14.8 Å². The third-order valence-corrected chi connectivity index (χ3v) is 8.41. The van der Waals surface area contributed by atoms with Gasteiger partial charge >= 0.3 is 6.61 Å². The van der Waals surface area contributed by atoms with Gasteiger partial charge in [-0.15, -0.1) is 0 Å². The molecular formula is C29H31F2N3O5. The van der Waals surface area contributed by atoms with Crippen molar-refractivity contribution >= 4 is 17.7 Å². The van der Waals surface area contributed by atoms with Crippen LogP contribution in [0.2, 0.25) is 0 Å². The van der Waals surface area contributed by atoms with Crippen molar-refractivity contribution in [3.8, 4) is 11.5 Å². The first kappa shape index (κ1) is 25.7. The van der Waals surface area contributed by atoms with Gasteiger partial charge in [-0.05, 0) is 67.1 Å². The Balaban J connectivity index is 1.08.